The fourth-order valence-corrected chi connectivity index (χ4v) is 3.27. The summed E-state index contributed by atoms with van der Waals surface area (Å²) in [6.07, 6.45) is 0.698. The van der Waals surface area contributed by atoms with Crippen molar-refractivity contribution < 1.29 is 19.0 Å². The number of esters is 1. The van der Waals surface area contributed by atoms with E-state index in [1.165, 1.54) is 5.56 Å². The van der Waals surface area contributed by atoms with Gasteiger partial charge in [-0.25, -0.2) is 0 Å². The molecule has 1 unspecified atom stereocenters. The van der Waals surface area contributed by atoms with Crippen molar-refractivity contribution in [2.75, 3.05) is 32.9 Å². The van der Waals surface area contributed by atoms with Crippen LogP contribution in [-0.2, 0) is 25.5 Å². The molecule has 5 nitrogen and oxygen atoms in total. The van der Waals surface area contributed by atoms with Gasteiger partial charge in [-0.05, 0) is 12.5 Å². The molecule has 0 aliphatic carbocycles. The Morgan fingerprint density at radius 1 is 1.32 bits per heavy atom. The summed E-state index contributed by atoms with van der Waals surface area (Å²) in [6, 6.07) is 10.3. The van der Waals surface area contributed by atoms with Crippen molar-refractivity contribution in [2.45, 2.75) is 25.7 Å². The average molecular weight is 305 g/mol. The smallest absolute Gasteiger partial charge is 0.315 e. The molecule has 0 aromatic heterocycles. The van der Waals surface area contributed by atoms with Gasteiger partial charge in [-0.1, -0.05) is 30.3 Å². The van der Waals surface area contributed by atoms with Gasteiger partial charge in [0.1, 0.15) is 5.92 Å². The summed E-state index contributed by atoms with van der Waals surface area (Å²) in [5.74, 6) is -1.38. The van der Waals surface area contributed by atoms with Crippen LogP contribution in [0, 0.1) is 5.92 Å². The van der Waals surface area contributed by atoms with Crippen LogP contribution in [0.4, 0.5) is 0 Å². The van der Waals surface area contributed by atoms with Crippen molar-refractivity contribution in [1.82, 2.24) is 4.90 Å². The summed E-state index contributed by atoms with van der Waals surface area (Å²) in [4.78, 5) is 14.6. The molecule has 1 atom stereocenters. The SMILES string of the molecule is CCOC(=O)C1CN(Cc2ccccc2)CCC12OCCO2. The lowest BCUT2D eigenvalue weighted by atomic mass is 9.90. The molecule has 2 fully saturated rings. The van der Waals surface area contributed by atoms with Crippen molar-refractivity contribution in [3.8, 4) is 0 Å². The number of nitrogens with zero attached hydrogens (tertiary/aromatic N) is 1. The number of benzene rings is 1. The molecule has 3 rings (SSSR count). The zero-order valence-corrected chi connectivity index (χ0v) is 13.0. The zero-order chi connectivity index (χ0) is 15.4. The molecular formula is C17H23NO4. The molecule has 2 aliphatic rings. The summed E-state index contributed by atoms with van der Waals surface area (Å²) in [5, 5.41) is 0. The monoisotopic (exact) mass is 305 g/mol. The minimum Gasteiger partial charge on any atom is -0.466 e. The molecule has 2 saturated heterocycles. The second-order valence-corrected chi connectivity index (χ2v) is 5.78. The number of hydrogen-bond donors (Lipinski definition) is 0. The van der Waals surface area contributed by atoms with Gasteiger partial charge in [0.25, 0.3) is 0 Å². The highest BCUT2D eigenvalue weighted by molar-refractivity contribution is 5.74. The number of likely N-dealkylation sites (tertiary alicyclic amines) is 1. The molecule has 22 heavy (non-hydrogen) atoms. The van der Waals surface area contributed by atoms with Gasteiger partial charge in [0, 0.05) is 26.1 Å². The molecule has 5 heteroatoms. The molecule has 1 aromatic carbocycles. The predicted octanol–water partition coefficient (Wildman–Crippen LogP) is 1.81. The third-order valence-electron chi connectivity index (χ3n) is 4.34. The highest BCUT2D eigenvalue weighted by Gasteiger charge is 2.52. The van der Waals surface area contributed by atoms with Crippen LogP contribution in [0.25, 0.3) is 0 Å². The average Bonchev–Trinajstić information content (AvgIpc) is 3.00. The molecule has 2 aliphatic heterocycles. The van der Waals surface area contributed by atoms with Crippen LogP contribution < -0.4 is 0 Å². The van der Waals surface area contributed by atoms with Gasteiger partial charge in [0.05, 0.1) is 19.8 Å². The predicted molar refractivity (Wildman–Crippen MR) is 81.1 cm³/mol. The molecule has 1 spiro atoms. The highest BCUT2D eigenvalue weighted by atomic mass is 16.7. The first-order chi connectivity index (χ1) is 10.7. The van der Waals surface area contributed by atoms with Crippen molar-refractivity contribution in [2.24, 2.45) is 5.92 Å². The van der Waals surface area contributed by atoms with Crippen LogP contribution in [0.2, 0.25) is 0 Å². The van der Waals surface area contributed by atoms with Gasteiger partial charge in [0.2, 0.25) is 0 Å². The summed E-state index contributed by atoms with van der Waals surface area (Å²) < 4.78 is 16.9. The van der Waals surface area contributed by atoms with Crippen LogP contribution in [0.1, 0.15) is 18.9 Å². The van der Waals surface area contributed by atoms with Gasteiger partial charge < -0.3 is 14.2 Å². The van der Waals surface area contributed by atoms with Gasteiger partial charge in [-0.15, -0.1) is 0 Å². The van der Waals surface area contributed by atoms with Crippen LogP contribution in [0.15, 0.2) is 30.3 Å². The van der Waals surface area contributed by atoms with E-state index in [0.29, 0.717) is 32.8 Å². The lowest BCUT2D eigenvalue weighted by Gasteiger charge is -2.42. The first-order valence-corrected chi connectivity index (χ1v) is 7.94. The number of carbonyl (C=O) groups is 1. The topological polar surface area (TPSA) is 48.0 Å². The quantitative estimate of drug-likeness (QED) is 0.794. The molecule has 0 radical (unpaired) electrons. The summed E-state index contributed by atoms with van der Waals surface area (Å²) in [7, 11) is 0. The third kappa shape index (κ3) is 3.16. The van der Waals surface area contributed by atoms with Crippen molar-refractivity contribution in [3.63, 3.8) is 0 Å². The summed E-state index contributed by atoms with van der Waals surface area (Å²) >= 11 is 0. The largest absolute Gasteiger partial charge is 0.466 e. The fourth-order valence-electron chi connectivity index (χ4n) is 3.27. The Labute approximate surface area is 131 Å². The van der Waals surface area contributed by atoms with Gasteiger partial charge in [0.15, 0.2) is 5.79 Å². The molecule has 0 saturated carbocycles. The number of piperidine rings is 1. The molecule has 1 aromatic rings. The van der Waals surface area contributed by atoms with E-state index in [9.17, 15) is 4.79 Å². The summed E-state index contributed by atoms with van der Waals surface area (Å²) in [6.45, 7) is 5.59. The standard InChI is InChI=1S/C17H23NO4/c1-2-20-16(19)15-13-18(12-14-6-4-3-5-7-14)9-8-17(15)21-10-11-22-17/h3-7,15H,2,8-13H2,1H3. The minimum absolute atomic E-state index is 0.220. The van der Waals surface area contributed by atoms with E-state index in [1.807, 2.05) is 25.1 Å². The third-order valence-corrected chi connectivity index (χ3v) is 4.34. The fraction of sp³-hybridized carbons (Fsp3) is 0.588. The summed E-state index contributed by atoms with van der Waals surface area (Å²) in [5.41, 5.74) is 1.24. The Bertz CT molecular complexity index is 499. The van der Waals surface area contributed by atoms with Crippen LogP contribution >= 0.6 is 0 Å². The maximum atomic E-state index is 12.3. The van der Waals surface area contributed by atoms with Gasteiger partial charge >= 0.3 is 5.97 Å². The maximum absolute atomic E-state index is 12.3. The molecule has 2 heterocycles. The van der Waals surface area contributed by atoms with Crippen molar-refractivity contribution in [1.29, 1.82) is 0 Å². The lowest BCUT2D eigenvalue weighted by Crippen LogP contribution is -2.55. The van der Waals surface area contributed by atoms with Gasteiger partial charge in [-0.2, -0.15) is 0 Å². The Hall–Kier alpha value is -1.43. The van der Waals surface area contributed by atoms with Gasteiger partial charge in [-0.3, -0.25) is 9.69 Å². The first kappa shape index (κ1) is 15.5. The molecule has 0 N–H and O–H groups in total. The normalized spacial score (nSPS) is 24.5. The van der Waals surface area contributed by atoms with E-state index >= 15 is 0 Å². The van der Waals surface area contributed by atoms with E-state index in [1.54, 1.807) is 0 Å². The Morgan fingerprint density at radius 3 is 2.73 bits per heavy atom. The first-order valence-electron chi connectivity index (χ1n) is 7.94. The van der Waals surface area contributed by atoms with Crippen molar-refractivity contribution in [3.05, 3.63) is 35.9 Å². The zero-order valence-electron chi connectivity index (χ0n) is 13.0. The van der Waals surface area contributed by atoms with E-state index in [-0.39, 0.29) is 11.9 Å². The molecular weight excluding hydrogens is 282 g/mol. The lowest BCUT2D eigenvalue weighted by molar-refractivity contribution is -0.229. The Balaban J connectivity index is 1.71. The minimum atomic E-state index is -0.778. The highest BCUT2D eigenvalue weighted by Crippen LogP contribution is 2.37. The van der Waals surface area contributed by atoms with E-state index in [0.717, 1.165) is 13.1 Å². The number of ether oxygens (including phenoxy) is 3. The number of carbonyl (C=O) groups excluding carboxylic acids is 1. The molecule has 0 amide bonds. The molecule has 0 bridgehead atoms. The molecule has 120 valence electrons. The van der Waals surface area contributed by atoms with Crippen LogP contribution in [0.5, 0.6) is 0 Å². The van der Waals surface area contributed by atoms with Crippen molar-refractivity contribution >= 4 is 5.97 Å². The van der Waals surface area contributed by atoms with E-state index in [4.69, 9.17) is 14.2 Å². The Kier molecular flexibility index (Phi) is 4.76. The number of hydrogen-bond acceptors (Lipinski definition) is 5. The maximum Gasteiger partial charge on any atom is 0.315 e. The van der Waals surface area contributed by atoms with E-state index in [2.05, 4.69) is 17.0 Å². The number of rotatable bonds is 4. The van der Waals surface area contributed by atoms with E-state index < -0.39 is 5.79 Å². The van der Waals surface area contributed by atoms with Crippen LogP contribution in [-0.4, -0.2) is 49.6 Å². The van der Waals surface area contributed by atoms with Crippen LogP contribution in [0.3, 0.4) is 0 Å². The second kappa shape index (κ2) is 6.77. The second-order valence-electron chi connectivity index (χ2n) is 5.78. The Morgan fingerprint density at radius 2 is 2.05 bits per heavy atom.